The molecule has 686 valence electrons. The van der Waals surface area contributed by atoms with E-state index < -0.39 is 91.5 Å². The highest BCUT2D eigenvalue weighted by molar-refractivity contribution is 7.47. The zero-order chi connectivity index (χ0) is 86.5. The van der Waals surface area contributed by atoms with Crippen LogP contribution in [0.5, 0.6) is 0 Å². The van der Waals surface area contributed by atoms with Gasteiger partial charge in [-0.3, -0.25) is 32.5 Å². The summed E-state index contributed by atoms with van der Waals surface area (Å²) in [5.74, 6) is -1.58. The molecular weight excluding hydrogens is 1530 g/mol. The van der Waals surface area contributed by atoms with Gasteiger partial charge in [0.05, 0.1) is 26.4 Å². The van der Waals surface area contributed by atoms with E-state index >= 15 is 0 Å². The number of ether oxygens (including phenoxy) is 3. The van der Waals surface area contributed by atoms with Crippen LogP contribution in [-0.2, 0) is 55.8 Å². The summed E-state index contributed by atoms with van der Waals surface area (Å²) in [6, 6.07) is 0. The first-order valence-electron chi connectivity index (χ1n) is 48.1. The minimum absolute atomic E-state index is 0.0881. The highest BCUT2D eigenvalue weighted by Crippen LogP contribution is 2.45. The number of carbonyl (C=O) groups is 3. The Bertz CT molecular complexity index is 2740. The van der Waals surface area contributed by atoms with Gasteiger partial charge in [-0.25, -0.2) is 9.13 Å². The minimum atomic E-state index is -4.95. The van der Waals surface area contributed by atoms with Gasteiger partial charge in [-0.05, 0) is 154 Å². The Hall–Kier alpha value is -4.57. The molecule has 0 aliphatic rings. The lowest BCUT2D eigenvalue weighted by atomic mass is 10.0. The number of aliphatic hydroxyl groups excluding tert-OH is 2. The van der Waals surface area contributed by atoms with Crippen LogP contribution < -0.4 is 0 Å². The van der Waals surface area contributed by atoms with Crippen LogP contribution >= 0.6 is 15.6 Å². The third-order valence-electron chi connectivity index (χ3n) is 20.5. The van der Waals surface area contributed by atoms with E-state index in [2.05, 4.69) is 167 Å². The number of unbranched alkanes of at least 4 members (excludes halogenated alkanes) is 44. The van der Waals surface area contributed by atoms with Gasteiger partial charge >= 0.3 is 33.6 Å². The van der Waals surface area contributed by atoms with Crippen LogP contribution in [-0.4, -0.2) is 95.9 Å². The Morgan fingerprint density at radius 3 is 0.664 bits per heavy atom. The van der Waals surface area contributed by atoms with Gasteiger partial charge in [0.25, 0.3) is 0 Å². The molecule has 0 fully saturated rings. The van der Waals surface area contributed by atoms with Gasteiger partial charge in [-0.15, -0.1) is 0 Å². The molecule has 5 unspecified atom stereocenters. The molecule has 16 nitrogen and oxygen atoms in total. The molecule has 0 bridgehead atoms. The van der Waals surface area contributed by atoms with Crippen molar-refractivity contribution in [2.45, 2.75) is 437 Å². The van der Waals surface area contributed by atoms with Crippen molar-refractivity contribution in [2.75, 3.05) is 39.6 Å². The van der Waals surface area contributed by atoms with Crippen LogP contribution in [0.1, 0.15) is 419 Å². The fourth-order valence-electron chi connectivity index (χ4n) is 13.2. The van der Waals surface area contributed by atoms with Crippen LogP contribution in [0.3, 0.4) is 0 Å². The van der Waals surface area contributed by atoms with Gasteiger partial charge in [0.2, 0.25) is 0 Å². The van der Waals surface area contributed by atoms with E-state index in [0.717, 1.165) is 154 Å². The Labute approximate surface area is 728 Å². The van der Waals surface area contributed by atoms with Crippen molar-refractivity contribution >= 4 is 33.6 Å². The molecule has 18 heteroatoms. The molecule has 4 N–H and O–H groups in total. The van der Waals surface area contributed by atoms with Crippen molar-refractivity contribution in [2.24, 2.45) is 0 Å². The first kappa shape index (κ1) is 114. The molecule has 0 aliphatic heterocycles. The normalized spacial score (nSPS) is 14.4. The summed E-state index contributed by atoms with van der Waals surface area (Å²) < 4.78 is 61.5. The Morgan fingerprint density at radius 1 is 0.235 bits per heavy atom. The van der Waals surface area contributed by atoms with E-state index in [4.69, 9.17) is 32.3 Å². The van der Waals surface area contributed by atoms with Gasteiger partial charge in [0.15, 0.2) is 6.10 Å². The summed E-state index contributed by atoms with van der Waals surface area (Å²) >= 11 is 0. The largest absolute Gasteiger partial charge is 0.472 e. The molecule has 5 atom stereocenters. The summed E-state index contributed by atoms with van der Waals surface area (Å²) in [6.07, 6.45) is 118. The van der Waals surface area contributed by atoms with Crippen molar-refractivity contribution in [1.29, 1.82) is 0 Å². The maximum absolute atomic E-state index is 13.1. The second-order valence-corrected chi connectivity index (χ2v) is 35.1. The number of phosphoric acid groups is 2. The van der Waals surface area contributed by atoms with E-state index in [9.17, 15) is 43.5 Å². The highest BCUT2D eigenvalue weighted by Gasteiger charge is 2.30. The van der Waals surface area contributed by atoms with Gasteiger partial charge in [-0.2, -0.15) is 0 Å². The van der Waals surface area contributed by atoms with Crippen LogP contribution in [0.25, 0.3) is 0 Å². The lowest BCUT2D eigenvalue weighted by Crippen LogP contribution is -2.30. The summed E-state index contributed by atoms with van der Waals surface area (Å²) in [7, 11) is -9.82. The van der Waals surface area contributed by atoms with Crippen molar-refractivity contribution in [3.63, 3.8) is 0 Å². The molecule has 119 heavy (non-hydrogen) atoms. The molecule has 0 spiro atoms. The third-order valence-corrected chi connectivity index (χ3v) is 22.4. The van der Waals surface area contributed by atoms with E-state index in [1.54, 1.807) is 0 Å². The molecule has 0 radical (unpaired) electrons. The average Bonchev–Trinajstić information content (AvgIpc) is 0.912. The standard InChI is InChI=1S/C101H176O16P2/c1-4-7-10-13-16-19-22-25-28-31-34-37-40-42-43-44-45-46-47-48-49-50-51-53-56-57-60-63-66-69-72-75-78-81-84-87-99(104)111-90-96(102)91-113-118(107,108)114-92-97(103)93-115-119(109,110)116-95-98(117-101(106)89-86-83-80-77-74-71-68-65-62-59-54-39-36-33-30-27-24-21-18-15-12-9-6-3)94-112-100(105)88-85-82-79-76-73-70-67-64-61-58-55-52-41-38-35-32-29-26-23-20-17-14-11-8-5-2/h16-21,25-30,34-39,42-43,52,55,59,62,96-98,102-103H,4-15,22-24,31-33,40-41,44-51,53-54,56-58,60-61,63-95H2,1-3H3,(H,107,108)(H,109,110)/b19-16-,20-17-,21-18-,28-25-,29-26-,30-27-,37-34-,38-35-,39-36-,43-42-,55-52-,62-59-. The zero-order valence-electron chi connectivity index (χ0n) is 75.8. The molecule has 0 rings (SSSR count). The van der Waals surface area contributed by atoms with E-state index in [0.29, 0.717) is 19.3 Å². The summed E-state index contributed by atoms with van der Waals surface area (Å²) in [4.78, 5) is 59.1. The number of esters is 3. The van der Waals surface area contributed by atoms with E-state index in [-0.39, 0.29) is 19.3 Å². The number of rotatable bonds is 91. The first-order valence-corrected chi connectivity index (χ1v) is 51.1. The molecular formula is C101H176O16P2. The molecule has 0 aliphatic carbocycles. The van der Waals surface area contributed by atoms with E-state index in [1.807, 2.05) is 0 Å². The quantitative estimate of drug-likeness (QED) is 0.0146. The summed E-state index contributed by atoms with van der Waals surface area (Å²) in [5, 5.41) is 20.8. The van der Waals surface area contributed by atoms with Crippen molar-refractivity contribution in [1.82, 2.24) is 0 Å². The highest BCUT2D eigenvalue weighted by atomic mass is 31.2. The number of phosphoric ester groups is 2. The fourth-order valence-corrected chi connectivity index (χ4v) is 14.8. The lowest BCUT2D eigenvalue weighted by molar-refractivity contribution is -0.161. The molecule has 0 aromatic rings. The van der Waals surface area contributed by atoms with Gasteiger partial charge < -0.3 is 34.2 Å². The average molecular weight is 1710 g/mol. The topological polar surface area (TPSA) is 231 Å². The predicted molar refractivity (Wildman–Crippen MR) is 500 cm³/mol. The number of hydrogen-bond acceptors (Lipinski definition) is 14. The number of allylic oxidation sites excluding steroid dienone is 24. The fraction of sp³-hybridized carbons (Fsp3) is 0.733. The van der Waals surface area contributed by atoms with Crippen molar-refractivity contribution in [3.8, 4) is 0 Å². The smallest absolute Gasteiger partial charge is 0.463 e. The predicted octanol–water partition coefficient (Wildman–Crippen LogP) is 29.9. The van der Waals surface area contributed by atoms with Crippen LogP contribution in [0.15, 0.2) is 146 Å². The maximum Gasteiger partial charge on any atom is 0.472 e. The third kappa shape index (κ3) is 94.0. The second kappa shape index (κ2) is 92.6. The lowest BCUT2D eigenvalue weighted by Gasteiger charge is -2.21. The Morgan fingerprint density at radius 2 is 0.420 bits per heavy atom. The molecule has 0 aromatic carbocycles. The number of hydrogen-bond donors (Lipinski definition) is 4. The Balaban J connectivity index is 4.55. The molecule has 0 aromatic heterocycles. The number of aliphatic hydroxyl groups is 2. The molecule has 0 amide bonds. The zero-order valence-corrected chi connectivity index (χ0v) is 77.5. The van der Waals surface area contributed by atoms with Crippen LogP contribution in [0.4, 0.5) is 0 Å². The van der Waals surface area contributed by atoms with Crippen LogP contribution in [0.2, 0.25) is 0 Å². The summed E-state index contributed by atoms with van der Waals surface area (Å²) in [5.41, 5.74) is 0. The molecule has 0 heterocycles. The first-order chi connectivity index (χ1) is 58.2. The van der Waals surface area contributed by atoms with Gasteiger partial charge in [-0.1, -0.05) is 391 Å². The SMILES string of the molecule is CCCCC/C=C\C/C=C\C/C=C\C/C=C\CCCCCCCCCCCCCCCCCCCCCC(=O)OCC(O)COP(=O)(O)OCC(O)COP(=O)(O)OCC(COC(=O)CCCCCCCCCCC/C=C\C/C=C\C/C=C\C/C=C\CCCCC)OC(=O)CCCCCCCCC/C=C\C/C=C\C/C=C\C/C=C\CCCCC. The van der Waals surface area contributed by atoms with Gasteiger partial charge in [0, 0.05) is 19.3 Å². The van der Waals surface area contributed by atoms with Crippen molar-refractivity contribution < 1.29 is 75.8 Å². The van der Waals surface area contributed by atoms with Crippen molar-refractivity contribution in [3.05, 3.63) is 146 Å². The molecule has 0 saturated carbocycles. The maximum atomic E-state index is 13.1. The minimum Gasteiger partial charge on any atom is -0.463 e. The second-order valence-electron chi connectivity index (χ2n) is 32.2. The van der Waals surface area contributed by atoms with E-state index in [1.165, 1.54) is 205 Å². The monoisotopic (exact) mass is 1710 g/mol. The summed E-state index contributed by atoms with van der Waals surface area (Å²) in [6.45, 7) is 2.64. The molecule has 0 saturated heterocycles. The van der Waals surface area contributed by atoms with Gasteiger partial charge in [0.1, 0.15) is 25.4 Å². The Kier molecular flexibility index (Phi) is 89.1. The van der Waals surface area contributed by atoms with Crippen LogP contribution in [0, 0.1) is 0 Å². The number of carbonyl (C=O) groups excluding carboxylic acids is 3.